The van der Waals surface area contributed by atoms with Gasteiger partial charge < -0.3 is 74.1 Å². The number of benzene rings is 3. The Bertz CT molecular complexity index is 2010. The van der Waals surface area contributed by atoms with Crippen molar-refractivity contribution in [1.82, 2.24) is 0 Å². The molecular formula is C36H36O17. The van der Waals surface area contributed by atoms with Crippen molar-refractivity contribution in [3.8, 4) is 40.1 Å². The number of ether oxygens (including phenoxy) is 5. The Morgan fingerprint density at radius 1 is 0.774 bits per heavy atom. The van der Waals surface area contributed by atoms with Crippen molar-refractivity contribution in [3.05, 3.63) is 82.5 Å². The number of aliphatic hydroxyl groups excluding tert-OH is 5. The summed E-state index contributed by atoms with van der Waals surface area (Å²) in [6, 6.07) is 13.0. The minimum atomic E-state index is -2.03. The van der Waals surface area contributed by atoms with Crippen LogP contribution in [-0.4, -0.2) is 120 Å². The third kappa shape index (κ3) is 7.92. The summed E-state index contributed by atoms with van der Waals surface area (Å²) in [5.41, 5.74) is -0.569. The summed E-state index contributed by atoms with van der Waals surface area (Å²) < 4.78 is 34.3. The van der Waals surface area contributed by atoms with Gasteiger partial charge in [0, 0.05) is 23.8 Å². The average molecular weight is 741 g/mol. The minimum Gasteiger partial charge on any atom is -0.508 e. The van der Waals surface area contributed by atoms with Crippen LogP contribution in [0.1, 0.15) is 12.5 Å². The molecule has 9 N–H and O–H groups in total. The van der Waals surface area contributed by atoms with Gasteiger partial charge in [0.2, 0.25) is 17.5 Å². The van der Waals surface area contributed by atoms with Crippen LogP contribution in [0.15, 0.2) is 76.0 Å². The molecule has 282 valence electrons. The van der Waals surface area contributed by atoms with Gasteiger partial charge in [-0.15, -0.1) is 0 Å². The zero-order valence-electron chi connectivity index (χ0n) is 27.7. The molecule has 2 fully saturated rings. The topological polar surface area (TPSA) is 275 Å². The lowest BCUT2D eigenvalue weighted by molar-refractivity contribution is -0.319. The van der Waals surface area contributed by atoms with E-state index in [0.29, 0.717) is 5.56 Å². The number of rotatable bonds is 9. The van der Waals surface area contributed by atoms with Gasteiger partial charge in [-0.3, -0.25) is 4.79 Å². The number of aliphatic hydroxyl groups is 5. The van der Waals surface area contributed by atoms with Crippen LogP contribution in [0.5, 0.6) is 28.7 Å². The molecule has 3 heterocycles. The van der Waals surface area contributed by atoms with Gasteiger partial charge in [-0.05, 0) is 55.0 Å². The van der Waals surface area contributed by atoms with E-state index in [9.17, 15) is 55.5 Å². The number of phenolic OH excluding ortho intramolecular Hbond substituents is 4. The Hall–Kier alpha value is -5.24. The molecule has 17 nitrogen and oxygen atoms in total. The molecule has 4 aromatic rings. The van der Waals surface area contributed by atoms with Crippen molar-refractivity contribution in [2.75, 3.05) is 6.61 Å². The van der Waals surface area contributed by atoms with E-state index in [4.69, 9.17) is 28.1 Å². The van der Waals surface area contributed by atoms with E-state index in [0.717, 1.165) is 18.2 Å². The highest BCUT2D eigenvalue weighted by atomic mass is 16.7. The summed E-state index contributed by atoms with van der Waals surface area (Å²) >= 11 is 0. The molecule has 0 amide bonds. The quantitative estimate of drug-likeness (QED) is 0.0838. The average Bonchev–Trinajstić information content (AvgIpc) is 3.12. The van der Waals surface area contributed by atoms with Crippen molar-refractivity contribution in [3.63, 3.8) is 0 Å². The standard InChI is InChI=1S/C36H36O17/c1-15-26(42)28(44)30(46)35(49-15)48-14-23-33(52-24(41)11-4-16-2-7-18(37)8-3-16)29(45)31(47)36(51-23)53-34-27(43)25-21(40)12-20(39)13-22(25)50-32(34)17-5-9-19(38)10-6-17/h2-13,15,23,26,28-31,33,35-40,42,44-47H,14H2,1H3. The SMILES string of the molecule is CC1OC(OCC2OC(Oc3c(-c4ccc(O)cc4)oc4cc(O)cc(O)c4c3=O)C(O)C(O)C2OC(=O)C=Cc2ccc(O)cc2)C(O)C(O)C1O. The van der Waals surface area contributed by atoms with Crippen molar-refractivity contribution in [1.29, 1.82) is 0 Å². The van der Waals surface area contributed by atoms with E-state index >= 15 is 0 Å². The van der Waals surface area contributed by atoms with Crippen LogP contribution in [0.2, 0.25) is 0 Å². The van der Waals surface area contributed by atoms with Crippen LogP contribution in [0.25, 0.3) is 28.4 Å². The second-order valence-corrected chi connectivity index (χ2v) is 12.5. The fraction of sp³-hybridized carbons (Fsp3) is 0.333. The van der Waals surface area contributed by atoms with E-state index in [-0.39, 0.29) is 28.4 Å². The van der Waals surface area contributed by atoms with E-state index < -0.39 is 102 Å². The normalized spacial score (nSPS) is 28.9. The van der Waals surface area contributed by atoms with Gasteiger partial charge in [0.25, 0.3) is 0 Å². The molecular weight excluding hydrogens is 704 g/mol. The molecule has 10 atom stereocenters. The first-order valence-corrected chi connectivity index (χ1v) is 16.2. The molecule has 0 bridgehead atoms. The minimum absolute atomic E-state index is 0.00274. The lowest BCUT2D eigenvalue weighted by Gasteiger charge is -2.43. The maximum absolute atomic E-state index is 13.9. The van der Waals surface area contributed by atoms with E-state index in [2.05, 4.69) is 0 Å². The summed E-state index contributed by atoms with van der Waals surface area (Å²) in [4.78, 5) is 26.8. The number of hydrogen-bond donors (Lipinski definition) is 9. The van der Waals surface area contributed by atoms with Crippen molar-refractivity contribution >= 4 is 23.0 Å². The molecule has 0 spiro atoms. The molecule has 0 radical (unpaired) electrons. The van der Waals surface area contributed by atoms with Gasteiger partial charge in [0.15, 0.2) is 18.2 Å². The second-order valence-electron chi connectivity index (χ2n) is 12.5. The van der Waals surface area contributed by atoms with Gasteiger partial charge in [-0.1, -0.05) is 12.1 Å². The van der Waals surface area contributed by atoms with E-state index in [1.807, 2.05) is 0 Å². The first kappa shape index (κ1) is 37.5. The number of hydrogen-bond acceptors (Lipinski definition) is 17. The molecule has 17 heteroatoms. The zero-order valence-corrected chi connectivity index (χ0v) is 27.7. The summed E-state index contributed by atoms with van der Waals surface area (Å²) in [5, 5.41) is 92.9. The summed E-state index contributed by atoms with van der Waals surface area (Å²) in [5.74, 6) is -3.17. The predicted octanol–water partition coefficient (Wildman–Crippen LogP) is 0.577. The van der Waals surface area contributed by atoms with Crippen molar-refractivity contribution in [2.45, 2.75) is 68.3 Å². The predicted molar refractivity (Wildman–Crippen MR) is 180 cm³/mol. The number of phenols is 4. The molecule has 3 aromatic carbocycles. The second kappa shape index (κ2) is 15.4. The Balaban J connectivity index is 1.33. The van der Waals surface area contributed by atoms with Crippen LogP contribution in [0, 0.1) is 0 Å². The molecule has 0 aliphatic carbocycles. The van der Waals surface area contributed by atoms with Gasteiger partial charge in [0.1, 0.15) is 70.6 Å². The smallest absolute Gasteiger partial charge is 0.331 e. The Labute approximate surface area is 299 Å². The van der Waals surface area contributed by atoms with Crippen LogP contribution in [-0.2, 0) is 23.7 Å². The highest BCUT2D eigenvalue weighted by molar-refractivity contribution is 5.88. The number of aromatic hydroxyl groups is 4. The number of carbonyl (C=O) groups excluding carboxylic acids is 1. The van der Waals surface area contributed by atoms with Crippen LogP contribution < -0.4 is 10.2 Å². The number of fused-ring (bicyclic) bond motifs is 1. The molecule has 2 aliphatic rings. The summed E-state index contributed by atoms with van der Waals surface area (Å²) in [6.07, 6.45) is -14.2. The van der Waals surface area contributed by atoms with Gasteiger partial charge in [-0.2, -0.15) is 0 Å². The number of carbonyl (C=O) groups is 1. The Morgan fingerprint density at radius 2 is 1.42 bits per heavy atom. The maximum atomic E-state index is 13.9. The largest absolute Gasteiger partial charge is 0.508 e. The molecule has 2 aliphatic heterocycles. The molecule has 53 heavy (non-hydrogen) atoms. The molecule has 6 rings (SSSR count). The lowest BCUT2D eigenvalue weighted by atomic mass is 9.98. The molecule has 1 aromatic heterocycles. The van der Waals surface area contributed by atoms with Crippen molar-refractivity contribution < 1.29 is 78.9 Å². The Morgan fingerprint density at radius 3 is 2.09 bits per heavy atom. The highest BCUT2D eigenvalue weighted by Crippen LogP contribution is 2.38. The van der Waals surface area contributed by atoms with Crippen LogP contribution in [0.4, 0.5) is 0 Å². The molecule has 10 unspecified atom stereocenters. The van der Waals surface area contributed by atoms with Gasteiger partial charge >= 0.3 is 5.97 Å². The maximum Gasteiger partial charge on any atom is 0.331 e. The molecule has 2 saturated heterocycles. The molecule has 0 saturated carbocycles. The zero-order chi connectivity index (χ0) is 38.1. The highest BCUT2D eigenvalue weighted by Gasteiger charge is 2.50. The van der Waals surface area contributed by atoms with E-state index in [1.54, 1.807) is 0 Å². The van der Waals surface area contributed by atoms with Gasteiger partial charge in [0.05, 0.1) is 12.7 Å². The summed E-state index contributed by atoms with van der Waals surface area (Å²) in [6.45, 7) is 0.764. The number of esters is 1. The third-order valence-corrected chi connectivity index (χ3v) is 8.71. The van der Waals surface area contributed by atoms with E-state index in [1.165, 1.54) is 61.5 Å². The third-order valence-electron chi connectivity index (χ3n) is 8.71. The fourth-order valence-corrected chi connectivity index (χ4v) is 5.84. The van der Waals surface area contributed by atoms with Crippen LogP contribution >= 0.6 is 0 Å². The van der Waals surface area contributed by atoms with Gasteiger partial charge in [-0.25, -0.2) is 4.79 Å². The first-order chi connectivity index (χ1) is 25.2. The first-order valence-electron chi connectivity index (χ1n) is 16.2. The monoisotopic (exact) mass is 740 g/mol. The van der Waals surface area contributed by atoms with Crippen LogP contribution in [0.3, 0.4) is 0 Å². The Kier molecular flexibility index (Phi) is 10.9. The van der Waals surface area contributed by atoms with Crippen molar-refractivity contribution in [2.24, 2.45) is 0 Å². The lowest BCUT2D eigenvalue weighted by Crippen LogP contribution is -2.62. The summed E-state index contributed by atoms with van der Waals surface area (Å²) in [7, 11) is 0. The fourth-order valence-electron chi connectivity index (χ4n) is 5.84.